The van der Waals surface area contributed by atoms with Gasteiger partial charge < -0.3 is 15.4 Å². The van der Waals surface area contributed by atoms with E-state index in [2.05, 4.69) is 45.5 Å². The van der Waals surface area contributed by atoms with Gasteiger partial charge in [0.05, 0.1) is 5.69 Å². The first kappa shape index (κ1) is 35.6. The number of aryl methyl sites for hydroxylation is 2. The fourth-order valence-corrected chi connectivity index (χ4v) is 5.70. The first-order valence-corrected chi connectivity index (χ1v) is 19.1. The number of carbonyl (C=O) groups is 2. The largest absolute Gasteiger partial charge is 0.360 e. The molecule has 0 radical (unpaired) electrons. The average Bonchev–Trinajstić information content (AvgIpc) is 3.53. The van der Waals surface area contributed by atoms with Crippen LogP contribution >= 0.6 is 23.2 Å². The standard InChI is InChI=1S/C29H41Cl2F2N7O3Si/c1-7-39-23(11-12-35-39)29(42)36-22(9-8-10-24(30)31)28(41)37-25-15-20(27(32)33)21(16-34-25)26-18(2)38-40(19(26)3)17-43-13-14-44(4,5)6/h11-12,15-16,22,24,27H,7-10,13-14,17H2,1-6H3,(H,36,42)(H,34,37,41)/t22-/m0/s1. The summed E-state index contributed by atoms with van der Waals surface area (Å²) in [6.45, 7) is 13.4. The van der Waals surface area contributed by atoms with Crippen molar-refractivity contribution in [2.24, 2.45) is 0 Å². The zero-order valence-electron chi connectivity index (χ0n) is 26.0. The number of halogens is 4. The van der Waals surface area contributed by atoms with Gasteiger partial charge in [-0.25, -0.2) is 18.4 Å². The molecule has 3 rings (SSSR count). The molecule has 0 aliphatic carbocycles. The van der Waals surface area contributed by atoms with E-state index >= 15 is 0 Å². The summed E-state index contributed by atoms with van der Waals surface area (Å²) < 4.78 is 37.7. The van der Waals surface area contributed by atoms with Crippen molar-refractivity contribution in [2.75, 3.05) is 11.9 Å². The van der Waals surface area contributed by atoms with Gasteiger partial charge in [-0.15, -0.1) is 23.2 Å². The quantitative estimate of drug-likeness (QED) is 0.0990. The zero-order chi connectivity index (χ0) is 32.6. The lowest BCUT2D eigenvalue weighted by Crippen LogP contribution is -2.44. The number of carbonyl (C=O) groups excluding carboxylic acids is 2. The van der Waals surface area contributed by atoms with Crippen LogP contribution in [0.1, 0.15) is 60.1 Å². The molecule has 15 heteroatoms. The number of pyridine rings is 1. The van der Waals surface area contributed by atoms with E-state index in [-0.39, 0.29) is 35.8 Å². The van der Waals surface area contributed by atoms with Crippen LogP contribution in [0.5, 0.6) is 0 Å². The Bertz CT molecular complexity index is 1430. The van der Waals surface area contributed by atoms with Crippen LogP contribution in [-0.2, 0) is 22.8 Å². The summed E-state index contributed by atoms with van der Waals surface area (Å²) in [6.07, 6.45) is 0.989. The van der Waals surface area contributed by atoms with Crippen LogP contribution in [0.4, 0.5) is 14.6 Å². The van der Waals surface area contributed by atoms with Crippen molar-refractivity contribution < 1.29 is 23.1 Å². The van der Waals surface area contributed by atoms with Gasteiger partial charge in [0.15, 0.2) is 0 Å². The second-order valence-electron chi connectivity index (χ2n) is 11.7. The molecule has 44 heavy (non-hydrogen) atoms. The first-order chi connectivity index (χ1) is 20.7. The van der Waals surface area contributed by atoms with E-state index in [9.17, 15) is 18.4 Å². The topological polar surface area (TPSA) is 116 Å². The van der Waals surface area contributed by atoms with E-state index in [4.69, 9.17) is 27.9 Å². The third-order valence-corrected chi connectivity index (χ3v) is 9.21. The van der Waals surface area contributed by atoms with Crippen molar-refractivity contribution in [3.8, 4) is 11.1 Å². The Labute approximate surface area is 267 Å². The number of rotatable bonds is 16. The summed E-state index contributed by atoms with van der Waals surface area (Å²) in [4.78, 5) is 29.9. The molecule has 0 spiro atoms. The van der Waals surface area contributed by atoms with Crippen molar-refractivity contribution >= 4 is 48.9 Å². The monoisotopic (exact) mass is 671 g/mol. The highest BCUT2D eigenvalue weighted by molar-refractivity contribution is 6.76. The number of nitrogens with one attached hydrogen (secondary N) is 2. The van der Waals surface area contributed by atoms with Gasteiger partial charge in [-0.2, -0.15) is 10.2 Å². The molecule has 2 N–H and O–H groups in total. The number of amides is 2. The van der Waals surface area contributed by atoms with Crippen molar-refractivity contribution in [3.63, 3.8) is 0 Å². The lowest BCUT2D eigenvalue weighted by atomic mass is 10.00. The molecule has 0 fully saturated rings. The third-order valence-electron chi connectivity index (χ3n) is 7.07. The molecular formula is C29H41Cl2F2N7O3Si. The van der Waals surface area contributed by atoms with E-state index in [0.29, 0.717) is 42.9 Å². The van der Waals surface area contributed by atoms with Gasteiger partial charge in [-0.05, 0) is 58.2 Å². The molecule has 0 bridgehead atoms. The Kier molecular flexibility index (Phi) is 12.9. The van der Waals surface area contributed by atoms with Crippen LogP contribution in [0.25, 0.3) is 11.1 Å². The lowest BCUT2D eigenvalue weighted by molar-refractivity contribution is -0.118. The molecule has 3 aromatic heterocycles. The number of hydrogen-bond acceptors (Lipinski definition) is 6. The van der Waals surface area contributed by atoms with E-state index in [0.717, 1.165) is 12.1 Å². The van der Waals surface area contributed by atoms with Crippen LogP contribution in [0.2, 0.25) is 25.7 Å². The van der Waals surface area contributed by atoms with Crippen molar-refractivity contribution in [1.29, 1.82) is 0 Å². The van der Waals surface area contributed by atoms with Gasteiger partial charge in [0.1, 0.15) is 29.1 Å². The molecule has 3 heterocycles. The maximum absolute atomic E-state index is 14.4. The average molecular weight is 673 g/mol. The number of hydrogen-bond donors (Lipinski definition) is 2. The number of anilines is 1. The first-order valence-electron chi connectivity index (χ1n) is 14.5. The van der Waals surface area contributed by atoms with Crippen molar-refractivity contribution in [3.05, 3.63) is 47.2 Å². The third kappa shape index (κ3) is 9.81. The number of nitrogens with zero attached hydrogens (tertiary/aromatic N) is 5. The fourth-order valence-electron chi connectivity index (χ4n) is 4.64. The molecule has 0 aliphatic heterocycles. The van der Waals surface area contributed by atoms with E-state index in [1.54, 1.807) is 24.6 Å². The SMILES string of the molecule is CCn1nccc1C(=O)N[C@@H](CCCC(Cl)Cl)C(=O)Nc1cc(C(F)F)c(-c2c(C)nn(COCC[Si](C)(C)C)c2C)cn1. The lowest BCUT2D eigenvalue weighted by Gasteiger charge is -2.19. The van der Waals surface area contributed by atoms with Crippen LogP contribution in [-0.4, -0.2) is 61.9 Å². The van der Waals surface area contributed by atoms with Crippen LogP contribution in [0.3, 0.4) is 0 Å². The second kappa shape index (κ2) is 15.9. The molecule has 0 saturated heterocycles. The Hall–Kier alpha value is -2.87. The van der Waals surface area contributed by atoms with Gasteiger partial charge in [-0.1, -0.05) is 19.6 Å². The summed E-state index contributed by atoms with van der Waals surface area (Å²) in [5.41, 5.74) is 1.96. The summed E-state index contributed by atoms with van der Waals surface area (Å²) >= 11 is 11.7. The maximum Gasteiger partial charge on any atom is 0.270 e. The van der Waals surface area contributed by atoms with Crippen LogP contribution in [0, 0.1) is 13.8 Å². The van der Waals surface area contributed by atoms with Crippen LogP contribution in [0.15, 0.2) is 24.5 Å². The molecule has 3 aromatic rings. The predicted octanol–water partition coefficient (Wildman–Crippen LogP) is 6.74. The molecule has 0 saturated carbocycles. The molecule has 1 atom stereocenters. The van der Waals surface area contributed by atoms with Gasteiger partial charge in [0, 0.05) is 56.0 Å². The summed E-state index contributed by atoms with van der Waals surface area (Å²) in [5.74, 6) is -1.18. The highest BCUT2D eigenvalue weighted by Crippen LogP contribution is 2.36. The Morgan fingerprint density at radius 3 is 2.50 bits per heavy atom. The van der Waals surface area contributed by atoms with Gasteiger partial charge >= 0.3 is 0 Å². The minimum absolute atomic E-state index is 0.0724. The Morgan fingerprint density at radius 2 is 1.86 bits per heavy atom. The number of ether oxygens (including phenoxy) is 1. The van der Waals surface area contributed by atoms with E-state index < -0.39 is 37.2 Å². The Morgan fingerprint density at radius 1 is 1.14 bits per heavy atom. The number of aromatic nitrogens is 5. The maximum atomic E-state index is 14.4. The van der Waals surface area contributed by atoms with Gasteiger partial charge in [0.2, 0.25) is 5.91 Å². The summed E-state index contributed by atoms with van der Waals surface area (Å²) in [6, 6.07) is 2.69. The van der Waals surface area contributed by atoms with E-state index in [1.807, 2.05) is 6.92 Å². The fraction of sp³-hybridized carbons (Fsp3) is 0.552. The molecule has 0 aliphatic rings. The minimum Gasteiger partial charge on any atom is -0.360 e. The second-order valence-corrected chi connectivity index (χ2v) is 18.6. The Balaban J connectivity index is 1.82. The molecule has 2 amide bonds. The highest BCUT2D eigenvalue weighted by atomic mass is 35.5. The molecular weight excluding hydrogens is 631 g/mol. The van der Waals surface area contributed by atoms with Gasteiger partial charge in [-0.3, -0.25) is 14.3 Å². The van der Waals surface area contributed by atoms with Crippen molar-refractivity contribution in [1.82, 2.24) is 29.9 Å². The molecule has 0 aromatic carbocycles. The molecule has 0 unspecified atom stereocenters. The molecule has 242 valence electrons. The smallest absolute Gasteiger partial charge is 0.270 e. The summed E-state index contributed by atoms with van der Waals surface area (Å²) in [5, 5.41) is 13.9. The number of alkyl halides is 4. The predicted molar refractivity (Wildman–Crippen MR) is 171 cm³/mol. The van der Waals surface area contributed by atoms with Crippen LogP contribution < -0.4 is 10.6 Å². The molecule has 10 nitrogen and oxygen atoms in total. The van der Waals surface area contributed by atoms with Crippen molar-refractivity contribution in [2.45, 2.75) is 96.3 Å². The van der Waals surface area contributed by atoms with Gasteiger partial charge in [0.25, 0.3) is 12.3 Å². The zero-order valence-corrected chi connectivity index (χ0v) is 28.5. The highest BCUT2D eigenvalue weighted by Gasteiger charge is 2.26. The summed E-state index contributed by atoms with van der Waals surface area (Å²) in [7, 11) is -1.26. The normalized spacial score (nSPS) is 12.6. The minimum atomic E-state index is -2.85. The van der Waals surface area contributed by atoms with E-state index in [1.165, 1.54) is 17.1 Å².